The Labute approximate surface area is 148 Å². The van der Waals surface area contributed by atoms with E-state index in [-0.39, 0.29) is 5.91 Å². The zero-order valence-electron chi connectivity index (χ0n) is 14.6. The van der Waals surface area contributed by atoms with E-state index in [1.807, 2.05) is 25.1 Å². The lowest BCUT2D eigenvalue weighted by Crippen LogP contribution is -2.49. The van der Waals surface area contributed by atoms with Gasteiger partial charge < -0.3 is 15.3 Å². The molecule has 6 heteroatoms. The van der Waals surface area contributed by atoms with E-state index < -0.39 is 24.0 Å². The zero-order chi connectivity index (χ0) is 18.2. The Morgan fingerprint density at radius 2 is 1.96 bits per heavy atom. The van der Waals surface area contributed by atoms with Crippen LogP contribution in [0.2, 0.25) is 0 Å². The highest BCUT2D eigenvalue weighted by Crippen LogP contribution is 2.26. The number of likely N-dealkylation sites (tertiary alicyclic amines) is 1. The van der Waals surface area contributed by atoms with E-state index in [0.717, 1.165) is 25.7 Å². The number of amides is 2. The van der Waals surface area contributed by atoms with Crippen LogP contribution in [0.3, 0.4) is 0 Å². The molecule has 2 unspecified atom stereocenters. The summed E-state index contributed by atoms with van der Waals surface area (Å²) in [4.78, 5) is 38.3. The standard InChI is InChI=1S/C19H26N2O4/c1-2-3-11-15(19(24)25)20-18(23)17(14-9-5-4-6-10-14)21-13-8-7-12-16(21)22/h4-6,9-10,15,17H,2-3,7-8,11-13H2,1H3,(H,20,23)(H,24,25). The Bertz CT molecular complexity index is 603. The topological polar surface area (TPSA) is 86.7 Å². The normalized spacial score (nSPS) is 17.0. The summed E-state index contributed by atoms with van der Waals surface area (Å²) in [6.45, 7) is 2.48. The molecule has 1 aromatic carbocycles. The fourth-order valence-electron chi connectivity index (χ4n) is 3.12. The lowest BCUT2D eigenvalue weighted by molar-refractivity contribution is -0.146. The summed E-state index contributed by atoms with van der Waals surface area (Å²) in [6, 6.07) is 7.36. The third kappa shape index (κ3) is 5.05. The molecule has 25 heavy (non-hydrogen) atoms. The van der Waals surface area contributed by atoms with Gasteiger partial charge >= 0.3 is 5.97 Å². The first-order valence-corrected chi connectivity index (χ1v) is 8.92. The van der Waals surface area contributed by atoms with Crippen LogP contribution in [-0.4, -0.2) is 40.4 Å². The van der Waals surface area contributed by atoms with E-state index in [2.05, 4.69) is 5.32 Å². The van der Waals surface area contributed by atoms with Crippen molar-refractivity contribution in [2.24, 2.45) is 0 Å². The number of nitrogens with zero attached hydrogens (tertiary/aromatic N) is 1. The number of carbonyl (C=O) groups is 3. The quantitative estimate of drug-likeness (QED) is 0.757. The van der Waals surface area contributed by atoms with Crippen molar-refractivity contribution >= 4 is 17.8 Å². The van der Waals surface area contributed by atoms with Gasteiger partial charge in [-0.3, -0.25) is 9.59 Å². The summed E-state index contributed by atoms with van der Waals surface area (Å²) in [5.41, 5.74) is 0.704. The van der Waals surface area contributed by atoms with Gasteiger partial charge in [0.1, 0.15) is 12.1 Å². The van der Waals surface area contributed by atoms with Gasteiger partial charge in [0, 0.05) is 13.0 Å². The molecule has 0 bridgehead atoms. The smallest absolute Gasteiger partial charge is 0.326 e. The number of benzene rings is 1. The molecule has 2 rings (SSSR count). The molecule has 0 spiro atoms. The maximum Gasteiger partial charge on any atom is 0.326 e. The minimum atomic E-state index is -1.04. The number of rotatable bonds is 8. The largest absolute Gasteiger partial charge is 0.480 e. The summed E-state index contributed by atoms with van der Waals surface area (Å²) in [5.74, 6) is -1.53. The highest BCUT2D eigenvalue weighted by atomic mass is 16.4. The van der Waals surface area contributed by atoms with E-state index in [4.69, 9.17) is 0 Å². The Morgan fingerprint density at radius 3 is 2.56 bits per heavy atom. The van der Waals surface area contributed by atoms with Gasteiger partial charge in [0.25, 0.3) is 0 Å². The molecule has 0 aliphatic carbocycles. The number of hydrogen-bond donors (Lipinski definition) is 2. The van der Waals surface area contributed by atoms with Crippen LogP contribution in [0.1, 0.15) is 57.1 Å². The first kappa shape index (κ1) is 19.0. The van der Waals surface area contributed by atoms with Crippen LogP contribution in [-0.2, 0) is 14.4 Å². The van der Waals surface area contributed by atoms with E-state index in [1.165, 1.54) is 0 Å². The summed E-state index contributed by atoms with van der Waals surface area (Å²) >= 11 is 0. The first-order valence-electron chi connectivity index (χ1n) is 8.92. The van der Waals surface area contributed by atoms with Crippen LogP contribution in [0.4, 0.5) is 0 Å². The number of piperidine rings is 1. The summed E-state index contributed by atoms with van der Waals surface area (Å²) < 4.78 is 0. The van der Waals surface area contributed by atoms with Crippen molar-refractivity contribution in [3.8, 4) is 0 Å². The zero-order valence-corrected chi connectivity index (χ0v) is 14.6. The monoisotopic (exact) mass is 346 g/mol. The first-order chi connectivity index (χ1) is 12.0. The average Bonchev–Trinajstić information content (AvgIpc) is 2.61. The van der Waals surface area contributed by atoms with Crippen LogP contribution < -0.4 is 5.32 Å². The number of aliphatic carboxylic acids is 1. The SMILES string of the molecule is CCCCC(NC(=O)C(c1ccccc1)N1CCCCC1=O)C(=O)O. The second-order valence-electron chi connectivity index (χ2n) is 6.40. The van der Waals surface area contributed by atoms with E-state index in [0.29, 0.717) is 24.9 Å². The van der Waals surface area contributed by atoms with E-state index in [9.17, 15) is 19.5 Å². The molecule has 136 valence electrons. The Morgan fingerprint density at radius 1 is 1.24 bits per heavy atom. The number of nitrogens with one attached hydrogen (secondary N) is 1. The lowest BCUT2D eigenvalue weighted by Gasteiger charge is -2.34. The molecular weight excluding hydrogens is 320 g/mol. The van der Waals surface area contributed by atoms with Crippen molar-refractivity contribution in [3.05, 3.63) is 35.9 Å². The predicted octanol–water partition coefficient (Wildman–Crippen LogP) is 2.50. The van der Waals surface area contributed by atoms with Crippen molar-refractivity contribution in [2.45, 2.75) is 57.5 Å². The third-order valence-electron chi connectivity index (χ3n) is 4.50. The Kier molecular flexibility index (Phi) is 6.98. The Hall–Kier alpha value is -2.37. The third-order valence-corrected chi connectivity index (χ3v) is 4.50. The van der Waals surface area contributed by atoms with E-state index >= 15 is 0 Å². The van der Waals surface area contributed by atoms with Crippen LogP contribution in [0.15, 0.2) is 30.3 Å². The highest BCUT2D eigenvalue weighted by molar-refractivity contribution is 5.91. The van der Waals surface area contributed by atoms with Crippen LogP contribution >= 0.6 is 0 Å². The molecule has 0 aromatic heterocycles. The summed E-state index contributed by atoms with van der Waals surface area (Å²) in [5, 5.41) is 12.0. The van der Waals surface area contributed by atoms with Gasteiger partial charge in [-0.15, -0.1) is 0 Å². The number of carboxylic acid groups (broad SMARTS) is 1. The lowest BCUT2D eigenvalue weighted by atomic mass is 9.99. The summed E-state index contributed by atoms with van der Waals surface area (Å²) in [6.07, 6.45) is 4.05. The molecule has 1 aliphatic rings. The second kappa shape index (κ2) is 9.20. The highest BCUT2D eigenvalue weighted by Gasteiger charge is 2.34. The van der Waals surface area contributed by atoms with Gasteiger partial charge in [0.15, 0.2) is 0 Å². The van der Waals surface area contributed by atoms with Gasteiger partial charge in [-0.05, 0) is 24.8 Å². The molecule has 0 saturated carbocycles. The Balaban J connectivity index is 2.23. The second-order valence-corrected chi connectivity index (χ2v) is 6.40. The van der Waals surface area contributed by atoms with Gasteiger partial charge in [-0.2, -0.15) is 0 Å². The maximum absolute atomic E-state index is 12.9. The van der Waals surface area contributed by atoms with E-state index in [1.54, 1.807) is 17.0 Å². The van der Waals surface area contributed by atoms with Crippen LogP contribution in [0.25, 0.3) is 0 Å². The predicted molar refractivity (Wildman–Crippen MR) is 93.8 cm³/mol. The molecule has 1 fully saturated rings. The number of hydrogen-bond acceptors (Lipinski definition) is 3. The number of carboxylic acids is 1. The van der Waals surface area contributed by atoms with Gasteiger partial charge in [0.2, 0.25) is 11.8 Å². The molecule has 1 aliphatic heterocycles. The fourth-order valence-corrected chi connectivity index (χ4v) is 3.12. The van der Waals surface area contributed by atoms with Crippen LogP contribution in [0, 0.1) is 0 Å². The molecule has 1 saturated heterocycles. The van der Waals surface area contributed by atoms with Gasteiger partial charge in [-0.25, -0.2) is 4.79 Å². The van der Waals surface area contributed by atoms with Gasteiger partial charge in [-0.1, -0.05) is 50.1 Å². The van der Waals surface area contributed by atoms with Crippen molar-refractivity contribution < 1.29 is 19.5 Å². The number of carbonyl (C=O) groups excluding carboxylic acids is 2. The maximum atomic E-state index is 12.9. The van der Waals surface area contributed by atoms with Gasteiger partial charge in [0.05, 0.1) is 0 Å². The fraction of sp³-hybridized carbons (Fsp3) is 0.526. The van der Waals surface area contributed by atoms with Crippen molar-refractivity contribution in [3.63, 3.8) is 0 Å². The molecule has 6 nitrogen and oxygen atoms in total. The molecular formula is C19H26N2O4. The molecule has 2 amide bonds. The summed E-state index contributed by atoms with van der Waals surface area (Å²) in [7, 11) is 0. The average molecular weight is 346 g/mol. The number of unbranched alkanes of at least 4 members (excludes halogenated alkanes) is 1. The minimum absolute atomic E-state index is 0.0595. The van der Waals surface area contributed by atoms with Crippen molar-refractivity contribution in [1.29, 1.82) is 0 Å². The molecule has 2 atom stereocenters. The minimum Gasteiger partial charge on any atom is -0.480 e. The van der Waals surface area contributed by atoms with Crippen molar-refractivity contribution in [1.82, 2.24) is 10.2 Å². The van der Waals surface area contributed by atoms with Crippen LogP contribution in [0.5, 0.6) is 0 Å². The molecule has 2 N–H and O–H groups in total. The van der Waals surface area contributed by atoms with Crippen molar-refractivity contribution in [2.75, 3.05) is 6.54 Å². The molecule has 0 radical (unpaired) electrons. The molecule has 1 heterocycles. The molecule has 1 aromatic rings.